The van der Waals surface area contributed by atoms with Crippen LogP contribution in [0.3, 0.4) is 0 Å². The third-order valence-corrected chi connectivity index (χ3v) is 5.20. The lowest BCUT2D eigenvalue weighted by atomic mass is 9.64. The van der Waals surface area contributed by atoms with E-state index in [1.807, 2.05) is 30.1 Å². The van der Waals surface area contributed by atoms with Gasteiger partial charge in [0.2, 0.25) is 5.91 Å². The summed E-state index contributed by atoms with van der Waals surface area (Å²) in [6.07, 6.45) is 7.76. The Balaban J connectivity index is 1.54. The molecule has 122 valence electrons. The highest BCUT2D eigenvalue weighted by atomic mass is 79.9. The van der Waals surface area contributed by atoms with Crippen LogP contribution in [0.1, 0.15) is 36.8 Å². The van der Waals surface area contributed by atoms with Crippen molar-refractivity contribution in [3.63, 3.8) is 0 Å². The van der Waals surface area contributed by atoms with Crippen molar-refractivity contribution in [3.8, 4) is 0 Å². The minimum absolute atomic E-state index is 0.0967. The Kier molecular flexibility index (Phi) is 4.85. The molecular formula is C18H22BrN3O. The highest BCUT2D eigenvalue weighted by Gasteiger charge is 2.38. The topological polar surface area (TPSA) is 46.9 Å². The number of halogens is 1. The van der Waals surface area contributed by atoms with E-state index in [0.29, 0.717) is 13.0 Å². The molecule has 0 unspecified atom stereocenters. The predicted molar refractivity (Wildman–Crippen MR) is 94.3 cm³/mol. The van der Waals surface area contributed by atoms with Gasteiger partial charge in [-0.05, 0) is 43.0 Å². The van der Waals surface area contributed by atoms with Crippen LogP contribution < -0.4 is 5.32 Å². The molecule has 0 saturated heterocycles. The molecule has 1 heterocycles. The first-order valence-corrected chi connectivity index (χ1v) is 8.89. The van der Waals surface area contributed by atoms with E-state index in [4.69, 9.17) is 0 Å². The maximum atomic E-state index is 12.1. The number of nitrogens with one attached hydrogen (secondary N) is 1. The van der Waals surface area contributed by atoms with Gasteiger partial charge in [-0.1, -0.05) is 34.5 Å². The zero-order valence-electron chi connectivity index (χ0n) is 13.4. The highest BCUT2D eigenvalue weighted by molar-refractivity contribution is 9.10. The van der Waals surface area contributed by atoms with Gasteiger partial charge in [-0.2, -0.15) is 5.10 Å². The van der Waals surface area contributed by atoms with Crippen LogP contribution in [0.25, 0.3) is 0 Å². The normalized spacial score (nSPS) is 15.9. The molecule has 0 spiro atoms. The van der Waals surface area contributed by atoms with E-state index in [1.54, 1.807) is 0 Å². The fraction of sp³-hybridized carbons (Fsp3) is 0.444. The SMILES string of the molecule is Cc1cnn(CCC(=O)NCC2(c3cccc(Br)c3)CCC2)c1. The van der Waals surface area contributed by atoms with Gasteiger partial charge in [0.15, 0.2) is 0 Å². The molecule has 1 N–H and O–H groups in total. The molecule has 1 aromatic heterocycles. The first-order valence-electron chi connectivity index (χ1n) is 8.09. The van der Waals surface area contributed by atoms with E-state index < -0.39 is 0 Å². The number of carbonyl (C=O) groups is 1. The zero-order valence-corrected chi connectivity index (χ0v) is 15.0. The number of hydrogen-bond acceptors (Lipinski definition) is 2. The van der Waals surface area contributed by atoms with Gasteiger partial charge < -0.3 is 5.32 Å². The summed E-state index contributed by atoms with van der Waals surface area (Å²) in [5.74, 6) is 0.0967. The van der Waals surface area contributed by atoms with Crippen LogP contribution in [0.5, 0.6) is 0 Å². The molecule has 23 heavy (non-hydrogen) atoms. The van der Waals surface area contributed by atoms with Crippen molar-refractivity contribution in [2.75, 3.05) is 6.54 Å². The molecule has 0 bridgehead atoms. The summed E-state index contributed by atoms with van der Waals surface area (Å²) in [6, 6.07) is 8.46. The van der Waals surface area contributed by atoms with Gasteiger partial charge in [0.05, 0.1) is 6.20 Å². The van der Waals surface area contributed by atoms with Crippen LogP contribution in [0, 0.1) is 6.92 Å². The summed E-state index contributed by atoms with van der Waals surface area (Å²) < 4.78 is 2.92. The summed E-state index contributed by atoms with van der Waals surface area (Å²) in [5.41, 5.74) is 2.55. The first-order chi connectivity index (χ1) is 11.1. The van der Waals surface area contributed by atoms with Gasteiger partial charge in [-0.3, -0.25) is 9.48 Å². The minimum Gasteiger partial charge on any atom is -0.355 e. The molecule has 1 aromatic carbocycles. The van der Waals surface area contributed by atoms with Crippen molar-refractivity contribution >= 4 is 21.8 Å². The molecule has 0 radical (unpaired) electrons. The molecule has 1 aliphatic rings. The van der Waals surface area contributed by atoms with E-state index in [-0.39, 0.29) is 11.3 Å². The average molecular weight is 376 g/mol. The second kappa shape index (κ2) is 6.87. The third-order valence-electron chi connectivity index (χ3n) is 4.70. The average Bonchev–Trinajstić information content (AvgIpc) is 2.90. The van der Waals surface area contributed by atoms with E-state index in [0.717, 1.165) is 29.4 Å². The van der Waals surface area contributed by atoms with E-state index in [2.05, 4.69) is 44.5 Å². The Bertz CT molecular complexity index is 691. The van der Waals surface area contributed by atoms with Crippen molar-refractivity contribution in [1.29, 1.82) is 0 Å². The summed E-state index contributed by atoms with van der Waals surface area (Å²) in [7, 11) is 0. The zero-order chi connectivity index (χ0) is 16.3. The summed E-state index contributed by atoms with van der Waals surface area (Å²) in [6.45, 7) is 3.35. The molecule has 1 amide bonds. The number of benzene rings is 1. The summed E-state index contributed by atoms with van der Waals surface area (Å²) >= 11 is 3.54. The number of aryl methyl sites for hydroxylation is 2. The number of nitrogens with zero attached hydrogens (tertiary/aromatic N) is 2. The number of aromatic nitrogens is 2. The van der Waals surface area contributed by atoms with Gasteiger partial charge in [-0.25, -0.2) is 0 Å². The molecule has 1 fully saturated rings. The van der Waals surface area contributed by atoms with Gasteiger partial charge in [0, 0.05) is 35.6 Å². The fourth-order valence-electron chi connectivity index (χ4n) is 3.15. The van der Waals surface area contributed by atoms with Crippen LogP contribution in [-0.2, 0) is 16.8 Å². The van der Waals surface area contributed by atoms with Crippen LogP contribution >= 0.6 is 15.9 Å². The molecule has 3 rings (SSSR count). The largest absolute Gasteiger partial charge is 0.355 e. The smallest absolute Gasteiger partial charge is 0.221 e. The van der Waals surface area contributed by atoms with Crippen molar-refractivity contribution in [3.05, 3.63) is 52.3 Å². The van der Waals surface area contributed by atoms with Crippen molar-refractivity contribution in [1.82, 2.24) is 15.1 Å². The van der Waals surface area contributed by atoms with Crippen LogP contribution in [0.15, 0.2) is 41.1 Å². The number of amides is 1. The fourth-order valence-corrected chi connectivity index (χ4v) is 3.55. The Morgan fingerprint density at radius 2 is 2.26 bits per heavy atom. The number of hydrogen-bond donors (Lipinski definition) is 1. The lowest BCUT2D eigenvalue weighted by Crippen LogP contribution is -2.45. The van der Waals surface area contributed by atoms with Crippen molar-refractivity contribution in [2.45, 2.75) is 44.6 Å². The minimum atomic E-state index is 0.0967. The molecule has 0 aliphatic heterocycles. The maximum absolute atomic E-state index is 12.1. The van der Waals surface area contributed by atoms with Gasteiger partial charge in [-0.15, -0.1) is 0 Å². The Morgan fingerprint density at radius 1 is 1.43 bits per heavy atom. The lowest BCUT2D eigenvalue weighted by Gasteiger charge is -2.42. The molecule has 5 heteroatoms. The van der Waals surface area contributed by atoms with E-state index in [1.165, 1.54) is 12.0 Å². The second-order valence-corrected chi connectivity index (χ2v) is 7.37. The van der Waals surface area contributed by atoms with Crippen LogP contribution in [-0.4, -0.2) is 22.2 Å². The lowest BCUT2D eigenvalue weighted by molar-refractivity contribution is -0.121. The molecule has 2 aromatic rings. The molecule has 1 aliphatic carbocycles. The predicted octanol–water partition coefficient (Wildman–Crippen LogP) is 3.58. The second-order valence-electron chi connectivity index (χ2n) is 6.45. The van der Waals surface area contributed by atoms with Crippen molar-refractivity contribution < 1.29 is 4.79 Å². The molecular weight excluding hydrogens is 354 g/mol. The van der Waals surface area contributed by atoms with Gasteiger partial charge >= 0.3 is 0 Å². The third kappa shape index (κ3) is 3.83. The molecule has 0 atom stereocenters. The highest BCUT2D eigenvalue weighted by Crippen LogP contribution is 2.43. The van der Waals surface area contributed by atoms with Crippen molar-refractivity contribution in [2.24, 2.45) is 0 Å². The van der Waals surface area contributed by atoms with Crippen LogP contribution in [0.4, 0.5) is 0 Å². The Morgan fingerprint density at radius 3 is 2.87 bits per heavy atom. The Labute approximate surface area is 145 Å². The van der Waals surface area contributed by atoms with Crippen LogP contribution in [0.2, 0.25) is 0 Å². The maximum Gasteiger partial charge on any atom is 0.221 e. The number of carbonyl (C=O) groups excluding carboxylic acids is 1. The van der Waals surface area contributed by atoms with Gasteiger partial charge in [0.1, 0.15) is 0 Å². The number of rotatable bonds is 6. The summed E-state index contributed by atoms with van der Waals surface area (Å²) in [4.78, 5) is 12.1. The first kappa shape index (κ1) is 16.2. The van der Waals surface area contributed by atoms with E-state index in [9.17, 15) is 4.79 Å². The Hall–Kier alpha value is -1.62. The molecule has 1 saturated carbocycles. The quantitative estimate of drug-likeness (QED) is 0.838. The monoisotopic (exact) mass is 375 g/mol. The van der Waals surface area contributed by atoms with Gasteiger partial charge in [0.25, 0.3) is 0 Å². The summed E-state index contributed by atoms with van der Waals surface area (Å²) in [5, 5.41) is 7.34. The standard InChI is InChI=1S/C18H22BrN3O/c1-14-11-21-22(12-14)9-6-17(23)20-13-18(7-3-8-18)15-4-2-5-16(19)10-15/h2,4-5,10-12H,3,6-9,13H2,1H3,(H,20,23). The molecule has 4 nitrogen and oxygen atoms in total. The van der Waals surface area contributed by atoms with E-state index >= 15 is 0 Å².